The second-order valence-corrected chi connectivity index (χ2v) is 7.90. The van der Waals surface area contributed by atoms with Crippen molar-refractivity contribution in [2.24, 2.45) is 0 Å². The van der Waals surface area contributed by atoms with Crippen LogP contribution in [0.3, 0.4) is 0 Å². The maximum Gasteiger partial charge on any atom is 0.116 e. The Labute approximate surface area is 197 Å². The third kappa shape index (κ3) is 4.45. The molecule has 34 heavy (non-hydrogen) atoms. The van der Waals surface area contributed by atoms with E-state index in [0.717, 1.165) is 44.3 Å². The zero-order valence-corrected chi connectivity index (χ0v) is 18.6. The van der Waals surface area contributed by atoms with E-state index in [1.807, 2.05) is 54.6 Å². The molecule has 2 aromatic heterocycles. The molecule has 0 saturated heterocycles. The van der Waals surface area contributed by atoms with Gasteiger partial charge < -0.3 is 5.11 Å². The highest BCUT2D eigenvalue weighted by molar-refractivity contribution is 5.93. The molecule has 0 spiro atoms. The fourth-order valence-electron chi connectivity index (χ4n) is 3.87. The molecule has 164 valence electrons. The molecule has 2 heterocycles. The van der Waals surface area contributed by atoms with Gasteiger partial charge in [0, 0.05) is 21.9 Å². The van der Waals surface area contributed by atoms with E-state index in [4.69, 9.17) is 0 Å². The monoisotopic (exact) mass is 442 g/mol. The normalized spacial score (nSPS) is 10.6. The summed E-state index contributed by atoms with van der Waals surface area (Å²) in [5.74, 6) is 0.226. The lowest BCUT2D eigenvalue weighted by molar-refractivity contribution is 0.476. The number of aryl methyl sites for hydroxylation is 1. The molecule has 5 heteroatoms. The number of rotatable bonds is 2. The Balaban J connectivity index is 0.000000142. The first-order chi connectivity index (χ1) is 16.7. The van der Waals surface area contributed by atoms with Crippen molar-refractivity contribution in [1.82, 2.24) is 19.9 Å². The van der Waals surface area contributed by atoms with Gasteiger partial charge in [0.25, 0.3) is 0 Å². The number of benzene rings is 4. The fraction of sp³-hybridized carbons (Fsp3) is 0.0345. The summed E-state index contributed by atoms with van der Waals surface area (Å²) in [6.07, 6.45) is 3.17. The van der Waals surface area contributed by atoms with Gasteiger partial charge in [-0.15, -0.1) is 0 Å². The summed E-state index contributed by atoms with van der Waals surface area (Å²) in [6.45, 7) is 2.08. The van der Waals surface area contributed by atoms with Crippen LogP contribution in [0.5, 0.6) is 5.75 Å². The Kier molecular flexibility index (Phi) is 5.91. The minimum absolute atomic E-state index is 0.226. The van der Waals surface area contributed by atoms with E-state index in [1.54, 1.807) is 30.9 Å². The van der Waals surface area contributed by atoms with E-state index in [9.17, 15) is 5.11 Å². The van der Waals surface area contributed by atoms with Gasteiger partial charge in [-0.05, 0) is 37.3 Å². The lowest BCUT2D eigenvalue weighted by Gasteiger charge is -2.05. The minimum Gasteiger partial charge on any atom is -0.508 e. The highest BCUT2D eigenvalue weighted by Gasteiger charge is 2.07. The predicted molar refractivity (Wildman–Crippen MR) is 136 cm³/mol. The van der Waals surface area contributed by atoms with Crippen LogP contribution in [-0.2, 0) is 0 Å². The molecule has 0 unspecified atom stereocenters. The van der Waals surface area contributed by atoms with Crippen LogP contribution in [0.15, 0.2) is 110 Å². The van der Waals surface area contributed by atoms with E-state index in [1.165, 1.54) is 5.56 Å². The molecule has 0 saturated carbocycles. The van der Waals surface area contributed by atoms with Crippen LogP contribution in [0.1, 0.15) is 5.56 Å². The first-order valence-electron chi connectivity index (χ1n) is 10.9. The molecule has 1 N–H and O–H groups in total. The Morgan fingerprint density at radius 1 is 0.529 bits per heavy atom. The molecule has 0 bridgehead atoms. The van der Waals surface area contributed by atoms with Gasteiger partial charge in [0.2, 0.25) is 0 Å². The lowest BCUT2D eigenvalue weighted by Crippen LogP contribution is -1.89. The quantitative estimate of drug-likeness (QED) is 0.327. The Morgan fingerprint density at radius 3 is 1.59 bits per heavy atom. The molecular weight excluding hydrogens is 420 g/mol. The maximum absolute atomic E-state index is 9.55. The molecule has 0 radical (unpaired) electrons. The van der Waals surface area contributed by atoms with Gasteiger partial charge in [-0.2, -0.15) is 0 Å². The molecule has 0 amide bonds. The average Bonchev–Trinajstić information content (AvgIpc) is 2.89. The zero-order chi connectivity index (χ0) is 23.3. The molecule has 0 atom stereocenters. The van der Waals surface area contributed by atoms with E-state index in [2.05, 4.69) is 51.1 Å². The topological polar surface area (TPSA) is 71.8 Å². The van der Waals surface area contributed by atoms with E-state index >= 15 is 0 Å². The molecule has 0 aliphatic heterocycles. The summed E-state index contributed by atoms with van der Waals surface area (Å²) in [5.41, 5.74) is 7.03. The number of hydrogen-bond donors (Lipinski definition) is 1. The molecule has 4 aromatic carbocycles. The molecule has 5 nitrogen and oxygen atoms in total. The first-order valence-corrected chi connectivity index (χ1v) is 10.9. The van der Waals surface area contributed by atoms with Crippen LogP contribution < -0.4 is 0 Å². The summed E-state index contributed by atoms with van der Waals surface area (Å²) in [7, 11) is 0. The van der Waals surface area contributed by atoms with Crippen molar-refractivity contribution in [3.05, 3.63) is 115 Å². The fourth-order valence-corrected chi connectivity index (χ4v) is 3.87. The van der Waals surface area contributed by atoms with Gasteiger partial charge in [-0.25, -0.2) is 19.9 Å². The van der Waals surface area contributed by atoms with Crippen molar-refractivity contribution in [3.8, 4) is 28.3 Å². The van der Waals surface area contributed by atoms with Crippen LogP contribution >= 0.6 is 0 Å². The van der Waals surface area contributed by atoms with Crippen LogP contribution in [0.4, 0.5) is 0 Å². The highest BCUT2D eigenvalue weighted by Crippen LogP contribution is 2.28. The third-order valence-corrected chi connectivity index (χ3v) is 5.50. The van der Waals surface area contributed by atoms with E-state index in [-0.39, 0.29) is 5.75 Å². The number of nitrogens with zero attached hydrogens (tertiary/aromatic N) is 4. The smallest absolute Gasteiger partial charge is 0.116 e. The average molecular weight is 443 g/mol. The summed E-state index contributed by atoms with van der Waals surface area (Å²) in [5, 5.41) is 11.5. The van der Waals surface area contributed by atoms with Gasteiger partial charge in [-0.3, -0.25) is 0 Å². The van der Waals surface area contributed by atoms with E-state index in [0.29, 0.717) is 0 Å². The molecule has 0 aliphatic rings. The Hall–Kier alpha value is -4.64. The molecular formula is C29H22N4O. The highest BCUT2D eigenvalue weighted by atomic mass is 16.3. The van der Waals surface area contributed by atoms with Crippen molar-refractivity contribution in [2.45, 2.75) is 6.92 Å². The van der Waals surface area contributed by atoms with Gasteiger partial charge >= 0.3 is 0 Å². The molecule has 6 aromatic rings. The second kappa shape index (κ2) is 9.46. The van der Waals surface area contributed by atoms with Crippen molar-refractivity contribution < 1.29 is 5.11 Å². The van der Waals surface area contributed by atoms with Gasteiger partial charge in [0.1, 0.15) is 18.4 Å². The van der Waals surface area contributed by atoms with Crippen molar-refractivity contribution >= 4 is 21.8 Å². The SMILES string of the molecule is Cc1ccc2ncnc(-c3ccccc3)c2c1.Oc1ccc2ncnc(-c3ccccc3)c2c1. The third-order valence-electron chi connectivity index (χ3n) is 5.50. The Morgan fingerprint density at radius 2 is 1.03 bits per heavy atom. The summed E-state index contributed by atoms with van der Waals surface area (Å²) in [6, 6.07) is 31.5. The number of aromatic hydroxyl groups is 1. The van der Waals surface area contributed by atoms with Crippen molar-refractivity contribution in [3.63, 3.8) is 0 Å². The Bertz CT molecular complexity index is 1450. The number of fused-ring (bicyclic) bond motifs is 2. The van der Waals surface area contributed by atoms with Gasteiger partial charge in [0.15, 0.2) is 0 Å². The summed E-state index contributed by atoms with van der Waals surface area (Å²) in [4.78, 5) is 17.2. The number of phenolic OH excluding ortho intramolecular Hbond substituents is 1. The largest absolute Gasteiger partial charge is 0.508 e. The second-order valence-electron chi connectivity index (χ2n) is 7.90. The van der Waals surface area contributed by atoms with Gasteiger partial charge in [0.05, 0.1) is 22.4 Å². The predicted octanol–water partition coefficient (Wildman–Crippen LogP) is 6.61. The zero-order valence-electron chi connectivity index (χ0n) is 18.6. The number of hydrogen-bond acceptors (Lipinski definition) is 5. The van der Waals surface area contributed by atoms with Gasteiger partial charge in [-0.1, -0.05) is 72.3 Å². The van der Waals surface area contributed by atoms with E-state index < -0.39 is 0 Å². The molecule has 6 rings (SSSR count). The van der Waals surface area contributed by atoms with Crippen LogP contribution in [0, 0.1) is 6.92 Å². The molecule has 0 fully saturated rings. The van der Waals surface area contributed by atoms with Crippen LogP contribution in [-0.4, -0.2) is 25.0 Å². The van der Waals surface area contributed by atoms with Crippen molar-refractivity contribution in [1.29, 1.82) is 0 Å². The number of aromatic nitrogens is 4. The van der Waals surface area contributed by atoms with Crippen LogP contribution in [0.25, 0.3) is 44.3 Å². The maximum atomic E-state index is 9.55. The number of phenols is 1. The van der Waals surface area contributed by atoms with Crippen molar-refractivity contribution in [2.75, 3.05) is 0 Å². The standard InChI is InChI=1S/C15H12N2.C14H10N2O/c1-11-7-8-14-13(9-11)15(17-10-16-14)12-5-3-2-4-6-12;17-11-6-7-13-12(8-11)14(16-9-15-13)10-4-2-1-3-5-10/h2-10H,1H3;1-9,17H. The first kappa shape index (κ1) is 21.2. The molecule has 0 aliphatic carbocycles. The summed E-state index contributed by atoms with van der Waals surface area (Å²) >= 11 is 0. The van der Waals surface area contributed by atoms with Crippen LogP contribution in [0.2, 0.25) is 0 Å². The minimum atomic E-state index is 0.226. The summed E-state index contributed by atoms with van der Waals surface area (Å²) < 4.78 is 0. The lowest BCUT2D eigenvalue weighted by atomic mass is 10.1.